The third-order valence-corrected chi connectivity index (χ3v) is 10.4. The SMILES string of the molecule is C=CC1=C2/C=C(\C)Oc3c(OC(=O)C4CC4)c(OC)cc4c3[C@H](Cc3ccc(OC)c(c3)Oc3ccc(cc3)C[C@@H]2N(C)CC1)N(C)CC4. The fourth-order valence-electron chi connectivity index (χ4n) is 7.36. The van der Waals surface area contributed by atoms with E-state index in [1.54, 1.807) is 14.2 Å². The van der Waals surface area contributed by atoms with Crippen molar-refractivity contribution in [3.63, 3.8) is 0 Å². The average Bonchev–Trinajstić information content (AvgIpc) is 3.95. The maximum Gasteiger partial charge on any atom is 0.314 e. The average molecular weight is 663 g/mol. The molecule has 8 nitrogen and oxygen atoms in total. The molecular formula is C41H46N2O6. The predicted octanol–water partition coefficient (Wildman–Crippen LogP) is 7.61. The molecule has 8 heteroatoms. The van der Waals surface area contributed by atoms with E-state index in [9.17, 15) is 4.79 Å². The molecule has 4 heterocycles. The van der Waals surface area contributed by atoms with Crippen LogP contribution in [0, 0.1) is 5.92 Å². The predicted molar refractivity (Wildman–Crippen MR) is 190 cm³/mol. The van der Waals surface area contributed by atoms with Crippen molar-refractivity contribution in [2.24, 2.45) is 5.92 Å². The van der Waals surface area contributed by atoms with Crippen LogP contribution in [0.25, 0.3) is 0 Å². The van der Waals surface area contributed by atoms with E-state index in [0.717, 1.165) is 67.6 Å². The minimum atomic E-state index is -0.242. The van der Waals surface area contributed by atoms with Gasteiger partial charge in [0, 0.05) is 30.7 Å². The van der Waals surface area contributed by atoms with Crippen LogP contribution in [0.4, 0.5) is 0 Å². The third kappa shape index (κ3) is 6.72. The molecule has 0 unspecified atom stereocenters. The highest BCUT2D eigenvalue weighted by atomic mass is 16.6. The lowest BCUT2D eigenvalue weighted by molar-refractivity contribution is -0.136. The van der Waals surface area contributed by atoms with Crippen LogP contribution < -0.4 is 23.7 Å². The molecule has 0 radical (unpaired) electrons. The lowest BCUT2D eigenvalue weighted by Gasteiger charge is -2.37. The summed E-state index contributed by atoms with van der Waals surface area (Å²) >= 11 is 0. The van der Waals surface area contributed by atoms with E-state index in [4.69, 9.17) is 23.7 Å². The lowest BCUT2D eigenvalue weighted by atomic mass is 9.87. The summed E-state index contributed by atoms with van der Waals surface area (Å²) in [6.07, 6.45) is 8.97. The van der Waals surface area contributed by atoms with E-state index in [2.05, 4.69) is 60.8 Å². The Morgan fingerprint density at radius 3 is 2.29 bits per heavy atom. The first-order valence-electron chi connectivity index (χ1n) is 17.3. The second-order valence-corrected chi connectivity index (χ2v) is 13.7. The van der Waals surface area contributed by atoms with Crippen molar-refractivity contribution in [3.05, 3.63) is 106 Å². The molecule has 1 saturated carbocycles. The van der Waals surface area contributed by atoms with Gasteiger partial charge in [-0.05, 0) is 124 Å². The standard InChI is InChI=1S/C41H46N2O6/c1-7-28-16-18-42(3)33-21-26-8-13-31(14-9-26)48-36-23-27(10-15-35(36)45-5)22-34-38-30(17-19-43(34)4)24-37(46-6)39(49-41(44)29-11-12-29)40(38)47-25(2)20-32(28)33/h7-10,13-15,20,23-24,29,33-34H,1,11-12,16-19,21-22H2,2-6H3/b25-20+/t33-,34-/m0/s1. The van der Waals surface area contributed by atoms with Crippen LogP contribution in [-0.2, 0) is 24.1 Å². The molecule has 3 aromatic rings. The third-order valence-electron chi connectivity index (χ3n) is 10.4. The molecule has 0 aromatic heterocycles. The molecular weight excluding hydrogens is 616 g/mol. The van der Waals surface area contributed by atoms with Gasteiger partial charge >= 0.3 is 5.97 Å². The van der Waals surface area contributed by atoms with Gasteiger partial charge in [-0.1, -0.05) is 30.9 Å². The minimum absolute atomic E-state index is 0.0771. The van der Waals surface area contributed by atoms with Crippen molar-refractivity contribution in [2.45, 2.75) is 57.5 Å². The summed E-state index contributed by atoms with van der Waals surface area (Å²) in [7, 11) is 7.59. The summed E-state index contributed by atoms with van der Waals surface area (Å²) < 4.78 is 31.2. The molecule has 49 heavy (non-hydrogen) atoms. The van der Waals surface area contributed by atoms with Gasteiger partial charge in [-0.3, -0.25) is 14.6 Å². The molecule has 0 amide bonds. The Bertz CT molecular complexity index is 1820. The molecule has 2 atom stereocenters. The number of benzene rings is 3. The van der Waals surface area contributed by atoms with Gasteiger partial charge in [0.05, 0.1) is 20.1 Å². The number of likely N-dealkylation sites (N-methyl/N-ethyl adjacent to an activating group) is 2. The van der Waals surface area contributed by atoms with Crippen molar-refractivity contribution in [2.75, 3.05) is 41.4 Å². The normalized spacial score (nSPS) is 22.3. The first-order chi connectivity index (χ1) is 23.8. The Morgan fingerprint density at radius 2 is 1.57 bits per heavy atom. The fraction of sp³-hybridized carbons (Fsp3) is 0.390. The van der Waals surface area contributed by atoms with Gasteiger partial charge in [0.2, 0.25) is 5.75 Å². The zero-order chi connectivity index (χ0) is 34.2. The van der Waals surface area contributed by atoms with E-state index in [0.29, 0.717) is 40.9 Å². The lowest BCUT2D eigenvalue weighted by Crippen LogP contribution is -2.39. The molecule has 1 aliphatic carbocycles. The molecule has 256 valence electrons. The summed E-state index contributed by atoms with van der Waals surface area (Å²) in [5.74, 6) is 3.83. The number of allylic oxidation sites excluding steroid dienone is 2. The number of hydrogen-bond acceptors (Lipinski definition) is 8. The zero-order valence-electron chi connectivity index (χ0n) is 29.2. The van der Waals surface area contributed by atoms with Gasteiger partial charge in [-0.15, -0.1) is 0 Å². The van der Waals surface area contributed by atoms with Gasteiger partial charge in [0.1, 0.15) is 11.5 Å². The Hall–Kier alpha value is -4.53. The van der Waals surface area contributed by atoms with Crippen LogP contribution in [0.1, 0.15) is 54.5 Å². The number of carbonyl (C=O) groups excluding carboxylic acids is 1. The number of nitrogens with zero attached hydrogens (tertiary/aromatic N) is 2. The molecule has 0 saturated heterocycles. The van der Waals surface area contributed by atoms with Crippen molar-refractivity contribution >= 4 is 5.97 Å². The molecule has 3 aromatic carbocycles. The molecule has 0 N–H and O–H groups in total. The number of hydrogen-bond donors (Lipinski definition) is 0. The maximum atomic E-state index is 13.2. The summed E-state index contributed by atoms with van der Waals surface area (Å²) in [6.45, 7) is 7.95. The highest BCUT2D eigenvalue weighted by Crippen LogP contribution is 2.50. The van der Waals surface area contributed by atoms with Crippen LogP contribution in [0.2, 0.25) is 0 Å². The van der Waals surface area contributed by atoms with Gasteiger partial charge in [0.15, 0.2) is 23.0 Å². The summed E-state index contributed by atoms with van der Waals surface area (Å²) in [6, 6.07) is 16.5. The highest BCUT2D eigenvalue weighted by Gasteiger charge is 2.37. The number of fused-ring (bicyclic) bond motifs is 3. The maximum absolute atomic E-state index is 13.2. The monoisotopic (exact) mass is 662 g/mol. The molecule has 0 spiro atoms. The summed E-state index contributed by atoms with van der Waals surface area (Å²) in [5, 5.41) is 0. The van der Waals surface area contributed by atoms with Crippen LogP contribution in [0.5, 0.6) is 34.5 Å². The largest absolute Gasteiger partial charge is 0.493 e. The van der Waals surface area contributed by atoms with Crippen LogP contribution >= 0.6 is 0 Å². The number of esters is 1. The summed E-state index contributed by atoms with van der Waals surface area (Å²) in [5.41, 5.74) is 6.78. The molecule has 8 rings (SSSR count). The first kappa shape index (κ1) is 33.0. The van der Waals surface area contributed by atoms with Gasteiger partial charge in [0.25, 0.3) is 0 Å². The molecule has 5 aliphatic rings. The van der Waals surface area contributed by atoms with Crippen molar-refractivity contribution < 1.29 is 28.5 Å². The summed E-state index contributed by atoms with van der Waals surface area (Å²) in [4.78, 5) is 18.0. The Labute approximate surface area is 289 Å². The van der Waals surface area contributed by atoms with E-state index in [-0.39, 0.29) is 24.0 Å². The zero-order valence-corrected chi connectivity index (χ0v) is 29.2. The molecule has 1 fully saturated rings. The van der Waals surface area contributed by atoms with Crippen molar-refractivity contribution in [3.8, 4) is 34.5 Å². The minimum Gasteiger partial charge on any atom is -0.493 e. The Morgan fingerprint density at radius 1 is 0.878 bits per heavy atom. The second kappa shape index (κ2) is 13.8. The fourth-order valence-corrected chi connectivity index (χ4v) is 7.36. The van der Waals surface area contributed by atoms with Gasteiger partial charge in [-0.25, -0.2) is 0 Å². The Kier molecular flexibility index (Phi) is 9.27. The van der Waals surface area contributed by atoms with Crippen LogP contribution in [0.15, 0.2) is 84.2 Å². The second-order valence-electron chi connectivity index (χ2n) is 13.7. The number of rotatable bonds is 5. The van der Waals surface area contributed by atoms with E-state index in [1.165, 1.54) is 16.7 Å². The van der Waals surface area contributed by atoms with Crippen LogP contribution in [-0.4, -0.2) is 63.2 Å². The molecule has 4 bridgehead atoms. The number of ether oxygens (including phenoxy) is 5. The number of methoxy groups -OCH3 is 2. The van der Waals surface area contributed by atoms with Crippen molar-refractivity contribution in [1.29, 1.82) is 0 Å². The topological polar surface area (TPSA) is 69.7 Å². The van der Waals surface area contributed by atoms with E-state index >= 15 is 0 Å². The molecule has 4 aliphatic heterocycles. The van der Waals surface area contributed by atoms with Gasteiger partial charge < -0.3 is 23.7 Å². The highest BCUT2D eigenvalue weighted by molar-refractivity contribution is 5.80. The van der Waals surface area contributed by atoms with E-state index < -0.39 is 0 Å². The van der Waals surface area contributed by atoms with E-state index in [1.807, 2.05) is 37.3 Å². The van der Waals surface area contributed by atoms with Crippen molar-refractivity contribution in [1.82, 2.24) is 9.80 Å². The smallest absolute Gasteiger partial charge is 0.314 e. The van der Waals surface area contributed by atoms with Gasteiger partial charge in [-0.2, -0.15) is 0 Å². The first-order valence-corrected chi connectivity index (χ1v) is 17.3. The quantitative estimate of drug-likeness (QED) is 0.204. The van der Waals surface area contributed by atoms with Crippen LogP contribution in [0.3, 0.4) is 0 Å². The number of carbonyl (C=O) groups is 1. The Balaban J connectivity index is 1.44.